The first-order valence-electron chi connectivity index (χ1n) is 3.83. The molecule has 1 fully saturated rings. The minimum Gasteiger partial charge on any atom is -0.301 e. The minimum absolute atomic E-state index is 0.178. The van der Waals surface area contributed by atoms with Crippen molar-refractivity contribution < 1.29 is 17.9 Å². The SMILES string of the molecule is CC1CC(OC(F)(F)F)CN1C. The van der Waals surface area contributed by atoms with E-state index in [1.165, 1.54) is 0 Å². The van der Waals surface area contributed by atoms with E-state index >= 15 is 0 Å². The topological polar surface area (TPSA) is 12.5 Å². The lowest BCUT2D eigenvalue weighted by atomic mass is 10.2. The van der Waals surface area contributed by atoms with E-state index in [1.54, 1.807) is 7.05 Å². The van der Waals surface area contributed by atoms with Crippen LogP contribution in [0.2, 0.25) is 0 Å². The molecule has 1 aliphatic heterocycles. The first-order valence-corrected chi connectivity index (χ1v) is 3.83. The zero-order valence-corrected chi connectivity index (χ0v) is 7.06. The van der Waals surface area contributed by atoms with Crippen molar-refractivity contribution >= 4 is 0 Å². The quantitative estimate of drug-likeness (QED) is 0.612. The lowest BCUT2D eigenvalue weighted by Gasteiger charge is -2.13. The van der Waals surface area contributed by atoms with E-state index in [4.69, 9.17) is 0 Å². The second-order valence-corrected chi connectivity index (χ2v) is 3.21. The Labute approximate surface area is 69.3 Å². The van der Waals surface area contributed by atoms with Gasteiger partial charge in [0.15, 0.2) is 0 Å². The number of ether oxygens (including phenoxy) is 1. The van der Waals surface area contributed by atoms with Crippen molar-refractivity contribution in [1.82, 2.24) is 4.90 Å². The molecule has 2 atom stereocenters. The molecule has 1 rings (SSSR count). The van der Waals surface area contributed by atoms with Gasteiger partial charge in [-0.1, -0.05) is 0 Å². The fourth-order valence-corrected chi connectivity index (χ4v) is 1.41. The molecule has 0 spiro atoms. The van der Waals surface area contributed by atoms with Crippen LogP contribution in [0.3, 0.4) is 0 Å². The van der Waals surface area contributed by atoms with E-state index in [1.807, 2.05) is 11.8 Å². The Balaban J connectivity index is 2.38. The molecule has 2 unspecified atom stereocenters. The molecule has 72 valence electrons. The molecule has 5 heteroatoms. The van der Waals surface area contributed by atoms with Crippen LogP contribution in [0.4, 0.5) is 13.2 Å². The maximum atomic E-state index is 11.7. The summed E-state index contributed by atoms with van der Waals surface area (Å²) in [5.74, 6) is 0. The molecule has 0 saturated carbocycles. The van der Waals surface area contributed by atoms with Gasteiger partial charge in [0.05, 0.1) is 6.10 Å². The van der Waals surface area contributed by atoms with Crippen LogP contribution in [0.25, 0.3) is 0 Å². The fourth-order valence-electron chi connectivity index (χ4n) is 1.41. The highest BCUT2D eigenvalue weighted by Gasteiger charge is 2.37. The zero-order chi connectivity index (χ0) is 9.35. The highest BCUT2D eigenvalue weighted by Crippen LogP contribution is 2.25. The predicted octanol–water partition coefficient (Wildman–Crippen LogP) is 1.62. The molecule has 0 aromatic heterocycles. The van der Waals surface area contributed by atoms with Crippen molar-refractivity contribution in [3.05, 3.63) is 0 Å². The van der Waals surface area contributed by atoms with Gasteiger partial charge >= 0.3 is 6.36 Å². The summed E-state index contributed by atoms with van der Waals surface area (Å²) in [5.41, 5.74) is 0. The van der Waals surface area contributed by atoms with E-state index in [2.05, 4.69) is 4.74 Å². The number of nitrogens with zero attached hydrogens (tertiary/aromatic N) is 1. The predicted molar refractivity (Wildman–Crippen MR) is 37.6 cm³/mol. The van der Waals surface area contributed by atoms with Gasteiger partial charge in [-0.3, -0.25) is 4.74 Å². The van der Waals surface area contributed by atoms with Gasteiger partial charge < -0.3 is 4.90 Å². The summed E-state index contributed by atoms with van der Waals surface area (Å²) in [7, 11) is 1.80. The third kappa shape index (κ3) is 2.64. The van der Waals surface area contributed by atoms with Crippen molar-refractivity contribution in [2.75, 3.05) is 13.6 Å². The molecule has 1 saturated heterocycles. The van der Waals surface area contributed by atoms with Gasteiger partial charge in [0.2, 0.25) is 0 Å². The van der Waals surface area contributed by atoms with Gasteiger partial charge in [-0.15, -0.1) is 13.2 Å². The third-order valence-corrected chi connectivity index (χ3v) is 2.15. The van der Waals surface area contributed by atoms with E-state index in [9.17, 15) is 13.2 Å². The summed E-state index contributed by atoms with van der Waals surface area (Å²) in [6.45, 7) is 2.25. The molecule has 0 amide bonds. The highest BCUT2D eigenvalue weighted by atomic mass is 19.4. The summed E-state index contributed by atoms with van der Waals surface area (Å²) < 4.78 is 39.1. The van der Waals surface area contributed by atoms with Gasteiger partial charge in [0, 0.05) is 12.6 Å². The standard InChI is InChI=1S/C7H12F3NO/c1-5-3-6(4-11(5)2)12-7(8,9)10/h5-6H,3-4H2,1-2H3. The maximum Gasteiger partial charge on any atom is 0.522 e. The van der Waals surface area contributed by atoms with Crippen LogP contribution in [-0.4, -0.2) is 37.0 Å². The molecule has 1 heterocycles. The van der Waals surface area contributed by atoms with Gasteiger partial charge in [0.1, 0.15) is 0 Å². The minimum atomic E-state index is -4.49. The molecule has 0 bridgehead atoms. The number of likely N-dealkylation sites (tertiary alicyclic amines) is 1. The molecule has 12 heavy (non-hydrogen) atoms. The summed E-state index contributed by atoms with van der Waals surface area (Å²) in [6.07, 6.45) is -4.73. The molecule has 0 N–H and O–H groups in total. The van der Waals surface area contributed by atoms with Crippen LogP contribution >= 0.6 is 0 Å². The van der Waals surface area contributed by atoms with Crippen LogP contribution < -0.4 is 0 Å². The first-order chi connectivity index (χ1) is 5.38. The van der Waals surface area contributed by atoms with Gasteiger partial charge in [-0.2, -0.15) is 0 Å². The number of hydrogen-bond donors (Lipinski definition) is 0. The lowest BCUT2D eigenvalue weighted by Crippen LogP contribution is -2.26. The van der Waals surface area contributed by atoms with Gasteiger partial charge in [-0.05, 0) is 20.4 Å². The van der Waals surface area contributed by atoms with Gasteiger partial charge in [-0.25, -0.2) is 0 Å². The van der Waals surface area contributed by atoms with Crippen molar-refractivity contribution in [1.29, 1.82) is 0 Å². The Bertz CT molecular complexity index is 149. The number of alkyl halides is 3. The van der Waals surface area contributed by atoms with Gasteiger partial charge in [0.25, 0.3) is 0 Å². The Hall–Kier alpha value is -0.290. The Morgan fingerprint density at radius 1 is 1.42 bits per heavy atom. The molecule has 0 aliphatic carbocycles. The Kier molecular flexibility index (Phi) is 2.63. The molecule has 0 radical (unpaired) electrons. The number of hydrogen-bond acceptors (Lipinski definition) is 2. The summed E-state index contributed by atoms with van der Waals surface area (Å²) >= 11 is 0. The molecule has 0 aromatic rings. The smallest absolute Gasteiger partial charge is 0.301 e. The molecule has 2 nitrogen and oxygen atoms in total. The normalized spacial score (nSPS) is 32.8. The molecule has 0 aromatic carbocycles. The largest absolute Gasteiger partial charge is 0.522 e. The third-order valence-electron chi connectivity index (χ3n) is 2.15. The van der Waals surface area contributed by atoms with Crippen LogP contribution in [0.15, 0.2) is 0 Å². The monoisotopic (exact) mass is 183 g/mol. The first kappa shape index (κ1) is 9.80. The maximum absolute atomic E-state index is 11.7. The zero-order valence-electron chi connectivity index (χ0n) is 7.06. The highest BCUT2D eigenvalue weighted by molar-refractivity contribution is 4.80. The van der Waals surface area contributed by atoms with Crippen LogP contribution in [-0.2, 0) is 4.74 Å². The molecular weight excluding hydrogens is 171 g/mol. The number of likely N-dealkylation sites (N-methyl/N-ethyl adjacent to an activating group) is 1. The van der Waals surface area contributed by atoms with Crippen molar-refractivity contribution in [2.24, 2.45) is 0 Å². The summed E-state index contributed by atoms with van der Waals surface area (Å²) in [5, 5.41) is 0. The van der Waals surface area contributed by atoms with Crippen LogP contribution in [0, 0.1) is 0 Å². The van der Waals surface area contributed by atoms with Crippen LogP contribution in [0.1, 0.15) is 13.3 Å². The van der Waals surface area contributed by atoms with E-state index < -0.39 is 12.5 Å². The second kappa shape index (κ2) is 3.22. The van der Waals surface area contributed by atoms with E-state index in [0.29, 0.717) is 13.0 Å². The average Bonchev–Trinajstić information content (AvgIpc) is 2.07. The van der Waals surface area contributed by atoms with E-state index in [0.717, 1.165) is 0 Å². The fraction of sp³-hybridized carbons (Fsp3) is 1.00. The van der Waals surface area contributed by atoms with E-state index in [-0.39, 0.29) is 6.04 Å². The number of halogens is 3. The van der Waals surface area contributed by atoms with Crippen molar-refractivity contribution in [3.63, 3.8) is 0 Å². The molecular formula is C7H12F3NO. The van der Waals surface area contributed by atoms with Crippen molar-refractivity contribution in [2.45, 2.75) is 31.9 Å². The molecule has 1 aliphatic rings. The second-order valence-electron chi connectivity index (χ2n) is 3.21. The summed E-state index contributed by atoms with van der Waals surface area (Å²) in [6, 6.07) is 0.178. The Morgan fingerprint density at radius 3 is 2.33 bits per heavy atom. The Morgan fingerprint density at radius 2 is 2.00 bits per heavy atom. The number of rotatable bonds is 1. The van der Waals surface area contributed by atoms with Crippen molar-refractivity contribution in [3.8, 4) is 0 Å². The lowest BCUT2D eigenvalue weighted by molar-refractivity contribution is -0.340. The summed E-state index contributed by atoms with van der Waals surface area (Å²) in [4.78, 5) is 1.86. The van der Waals surface area contributed by atoms with Crippen LogP contribution in [0.5, 0.6) is 0 Å². The average molecular weight is 183 g/mol.